The minimum Gasteiger partial charge on any atom is -0.369 e. The third-order valence-electron chi connectivity index (χ3n) is 3.07. The average Bonchev–Trinajstić information content (AvgIpc) is 2.29. The van der Waals surface area contributed by atoms with Crippen LogP contribution in [0.5, 0.6) is 0 Å². The van der Waals surface area contributed by atoms with E-state index in [-0.39, 0.29) is 0 Å². The maximum atomic E-state index is 13.0. The van der Waals surface area contributed by atoms with Crippen molar-refractivity contribution in [3.8, 4) is 0 Å². The van der Waals surface area contributed by atoms with Gasteiger partial charge in [-0.3, -0.25) is 4.90 Å². The van der Waals surface area contributed by atoms with Crippen LogP contribution in [0.1, 0.15) is 13.8 Å². The number of hydrogen-bond donors (Lipinski definition) is 0. The van der Waals surface area contributed by atoms with Gasteiger partial charge in [0.25, 0.3) is 0 Å². The van der Waals surface area contributed by atoms with Gasteiger partial charge in [0.15, 0.2) is 0 Å². The molecule has 0 spiro atoms. The summed E-state index contributed by atoms with van der Waals surface area (Å²) in [7, 11) is 0. The molecule has 0 atom stereocenters. The van der Waals surface area contributed by atoms with E-state index in [0.717, 1.165) is 38.4 Å². The van der Waals surface area contributed by atoms with Gasteiger partial charge < -0.3 is 4.90 Å². The van der Waals surface area contributed by atoms with Crippen LogP contribution in [0, 0.1) is 11.9 Å². The molecule has 17 heavy (non-hydrogen) atoms. The van der Waals surface area contributed by atoms with Crippen molar-refractivity contribution in [2.75, 3.05) is 37.6 Å². The molecule has 0 radical (unpaired) electrons. The largest absolute Gasteiger partial charge is 0.369 e. The predicted octanol–water partition coefficient (Wildman–Crippen LogP) is 2.00. The maximum absolute atomic E-state index is 13.0. The molecule has 1 aromatic heterocycles. The van der Waals surface area contributed by atoms with Crippen molar-refractivity contribution < 1.29 is 4.39 Å². The van der Waals surface area contributed by atoms with Gasteiger partial charge in [-0.1, -0.05) is 13.8 Å². The van der Waals surface area contributed by atoms with Gasteiger partial charge in [-0.05, 0) is 12.0 Å². The molecule has 0 bridgehead atoms. The number of hydrogen-bond acceptors (Lipinski definition) is 3. The fourth-order valence-electron chi connectivity index (χ4n) is 2.29. The lowest BCUT2D eigenvalue weighted by Gasteiger charge is -2.36. The lowest BCUT2D eigenvalue weighted by atomic mass is 10.2. The molecule has 1 aliphatic heterocycles. The molecule has 3 nitrogen and oxygen atoms in total. The average molecular weight is 237 g/mol. The van der Waals surface area contributed by atoms with Gasteiger partial charge in [-0.15, -0.1) is 0 Å². The van der Waals surface area contributed by atoms with Crippen LogP contribution >= 0.6 is 0 Å². The fourth-order valence-corrected chi connectivity index (χ4v) is 2.29. The third-order valence-corrected chi connectivity index (χ3v) is 3.07. The van der Waals surface area contributed by atoms with Crippen molar-refractivity contribution in [1.82, 2.24) is 9.88 Å². The summed E-state index contributed by atoms with van der Waals surface area (Å²) >= 11 is 0. The second-order valence-electron chi connectivity index (χ2n) is 5.02. The summed E-state index contributed by atoms with van der Waals surface area (Å²) in [5, 5.41) is 0. The van der Waals surface area contributed by atoms with Crippen molar-refractivity contribution in [2.24, 2.45) is 5.92 Å². The van der Waals surface area contributed by atoms with Crippen LogP contribution in [0.4, 0.5) is 10.1 Å². The highest BCUT2D eigenvalue weighted by Crippen LogP contribution is 2.16. The summed E-state index contributed by atoms with van der Waals surface area (Å²) in [4.78, 5) is 8.28. The van der Waals surface area contributed by atoms with E-state index < -0.39 is 5.95 Å². The van der Waals surface area contributed by atoms with Gasteiger partial charge >= 0.3 is 0 Å². The van der Waals surface area contributed by atoms with E-state index in [0.29, 0.717) is 5.92 Å². The van der Waals surface area contributed by atoms with Gasteiger partial charge in [0, 0.05) is 50.7 Å². The first-order valence-electron chi connectivity index (χ1n) is 6.24. The van der Waals surface area contributed by atoms with Crippen LogP contribution in [0.15, 0.2) is 18.3 Å². The number of piperazine rings is 1. The number of rotatable bonds is 3. The Morgan fingerprint density at radius 3 is 2.59 bits per heavy atom. The van der Waals surface area contributed by atoms with E-state index in [9.17, 15) is 4.39 Å². The predicted molar refractivity (Wildman–Crippen MR) is 67.7 cm³/mol. The topological polar surface area (TPSA) is 19.4 Å². The summed E-state index contributed by atoms with van der Waals surface area (Å²) in [6, 6.07) is 3.39. The zero-order chi connectivity index (χ0) is 12.3. The van der Waals surface area contributed by atoms with Crippen LogP contribution in [-0.2, 0) is 0 Å². The Morgan fingerprint density at radius 2 is 2.00 bits per heavy atom. The van der Waals surface area contributed by atoms with Crippen molar-refractivity contribution in [3.05, 3.63) is 24.3 Å². The lowest BCUT2D eigenvalue weighted by molar-refractivity contribution is 0.231. The van der Waals surface area contributed by atoms with E-state index in [2.05, 4.69) is 28.6 Å². The molecule has 0 aliphatic carbocycles. The van der Waals surface area contributed by atoms with Crippen LogP contribution < -0.4 is 4.90 Å². The molecule has 0 saturated carbocycles. The Hall–Kier alpha value is -1.16. The molecular weight excluding hydrogens is 217 g/mol. The molecule has 1 saturated heterocycles. The minimum absolute atomic E-state index is 0.396. The standard InChI is InChI=1S/C13H20FN3/c1-11(2)10-16-5-7-17(8-6-16)12-3-4-15-13(14)9-12/h3-4,9,11H,5-8,10H2,1-2H3. The smallest absolute Gasteiger partial charge is 0.214 e. The first kappa shape index (κ1) is 12.3. The van der Waals surface area contributed by atoms with Gasteiger partial charge in [0.05, 0.1) is 0 Å². The molecule has 0 aromatic carbocycles. The number of nitrogens with zero attached hydrogens (tertiary/aromatic N) is 3. The first-order valence-corrected chi connectivity index (χ1v) is 6.24. The molecule has 0 unspecified atom stereocenters. The molecule has 1 aliphatic rings. The van der Waals surface area contributed by atoms with E-state index in [4.69, 9.17) is 0 Å². The Labute approximate surface area is 102 Å². The highest BCUT2D eigenvalue weighted by atomic mass is 19.1. The summed E-state index contributed by atoms with van der Waals surface area (Å²) < 4.78 is 13.0. The highest BCUT2D eigenvalue weighted by molar-refractivity contribution is 5.45. The number of anilines is 1. The van der Waals surface area contributed by atoms with E-state index in [1.165, 1.54) is 12.3 Å². The van der Waals surface area contributed by atoms with Gasteiger partial charge in [-0.2, -0.15) is 4.39 Å². The number of aromatic nitrogens is 1. The van der Waals surface area contributed by atoms with Crippen molar-refractivity contribution in [3.63, 3.8) is 0 Å². The molecule has 1 aromatic rings. The van der Waals surface area contributed by atoms with E-state index >= 15 is 0 Å². The van der Waals surface area contributed by atoms with Crippen LogP contribution in [0.3, 0.4) is 0 Å². The summed E-state index contributed by atoms with van der Waals surface area (Å²) in [6.07, 6.45) is 1.53. The summed E-state index contributed by atoms with van der Waals surface area (Å²) in [5.41, 5.74) is 0.946. The highest BCUT2D eigenvalue weighted by Gasteiger charge is 2.17. The quantitative estimate of drug-likeness (QED) is 0.750. The maximum Gasteiger partial charge on any atom is 0.214 e. The molecular formula is C13H20FN3. The second-order valence-corrected chi connectivity index (χ2v) is 5.02. The zero-order valence-electron chi connectivity index (χ0n) is 10.6. The van der Waals surface area contributed by atoms with Gasteiger partial charge in [0.2, 0.25) is 5.95 Å². The van der Waals surface area contributed by atoms with Crippen LogP contribution in [0.2, 0.25) is 0 Å². The first-order chi connectivity index (χ1) is 8.15. The summed E-state index contributed by atoms with van der Waals surface area (Å²) in [6.45, 7) is 9.68. The number of halogens is 1. The molecule has 2 rings (SSSR count). The molecule has 4 heteroatoms. The van der Waals surface area contributed by atoms with Crippen LogP contribution in [-0.4, -0.2) is 42.6 Å². The SMILES string of the molecule is CC(C)CN1CCN(c2ccnc(F)c2)CC1. The van der Waals surface area contributed by atoms with E-state index in [1.54, 1.807) is 0 Å². The van der Waals surface area contributed by atoms with Crippen LogP contribution in [0.25, 0.3) is 0 Å². The van der Waals surface area contributed by atoms with Crippen molar-refractivity contribution in [2.45, 2.75) is 13.8 Å². The molecule has 0 N–H and O–H groups in total. The van der Waals surface area contributed by atoms with Crippen molar-refractivity contribution >= 4 is 5.69 Å². The summed E-state index contributed by atoms with van der Waals surface area (Å²) in [5.74, 6) is 0.312. The minimum atomic E-state index is -0.396. The Bertz CT molecular complexity index is 359. The normalized spacial score (nSPS) is 17.8. The second kappa shape index (κ2) is 5.45. The van der Waals surface area contributed by atoms with Gasteiger partial charge in [-0.25, -0.2) is 4.98 Å². The molecule has 94 valence electrons. The lowest BCUT2D eigenvalue weighted by Crippen LogP contribution is -2.47. The number of pyridine rings is 1. The molecule has 2 heterocycles. The fraction of sp³-hybridized carbons (Fsp3) is 0.615. The molecule has 1 fully saturated rings. The Balaban J connectivity index is 1.91. The molecule has 0 amide bonds. The monoisotopic (exact) mass is 237 g/mol. The third kappa shape index (κ3) is 3.40. The van der Waals surface area contributed by atoms with Crippen molar-refractivity contribution in [1.29, 1.82) is 0 Å². The van der Waals surface area contributed by atoms with E-state index in [1.807, 2.05) is 6.07 Å². The van der Waals surface area contributed by atoms with Gasteiger partial charge in [0.1, 0.15) is 0 Å². The Kier molecular flexibility index (Phi) is 3.94. The zero-order valence-corrected chi connectivity index (χ0v) is 10.6. The Morgan fingerprint density at radius 1 is 1.29 bits per heavy atom.